The van der Waals surface area contributed by atoms with Gasteiger partial charge in [-0.15, -0.1) is 11.8 Å². The highest BCUT2D eigenvalue weighted by Crippen LogP contribution is 2.35. The molecule has 0 saturated heterocycles. The highest BCUT2D eigenvalue weighted by Gasteiger charge is 2.22. The largest absolute Gasteiger partial charge is 0.307 e. The average molecular weight is 318 g/mol. The molecule has 1 heterocycles. The first-order valence-electron chi connectivity index (χ1n) is 6.92. The maximum Gasteiger partial charge on any atom is 0.228 e. The minimum absolute atomic E-state index is 0.182. The van der Waals surface area contributed by atoms with E-state index in [2.05, 4.69) is 25.1 Å². The SMILES string of the molecule is Cc1ccc2c(c1)N(Cc1ccc(Cl)cc1)C(=O)CCS2. The van der Waals surface area contributed by atoms with E-state index in [0.29, 0.717) is 18.0 Å². The van der Waals surface area contributed by atoms with E-state index in [1.807, 2.05) is 29.2 Å². The van der Waals surface area contributed by atoms with E-state index in [1.54, 1.807) is 11.8 Å². The first kappa shape index (κ1) is 14.5. The normalized spacial score (nSPS) is 14.8. The number of benzene rings is 2. The van der Waals surface area contributed by atoms with Gasteiger partial charge in [0.05, 0.1) is 12.2 Å². The summed E-state index contributed by atoms with van der Waals surface area (Å²) < 4.78 is 0. The summed E-state index contributed by atoms with van der Waals surface area (Å²) in [5, 5.41) is 0.716. The first-order valence-corrected chi connectivity index (χ1v) is 8.28. The summed E-state index contributed by atoms with van der Waals surface area (Å²) >= 11 is 7.68. The van der Waals surface area contributed by atoms with E-state index in [0.717, 1.165) is 17.0 Å². The van der Waals surface area contributed by atoms with Crippen molar-refractivity contribution < 1.29 is 4.79 Å². The van der Waals surface area contributed by atoms with Crippen molar-refractivity contribution in [2.24, 2.45) is 0 Å². The Bertz CT molecular complexity index is 669. The van der Waals surface area contributed by atoms with E-state index >= 15 is 0 Å². The van der Waals surface area contributed by atoms with Crippen molar-refractivity contribution in [3.63, 3.8) is 0 Å². The second-order valence-corrected chi connectivity index (χ2v) is 6.75. The molecule has 0 radical (unpaired) electrons. The standard InChI is InChI=1S/C17H16ClNOS/c1-12-2-7-16-15(10-12)19(17(20)8-9-21-16)11-13-3-5-14(18)6-4-13/h2-7,10H,8-9,11H2,1H3. The summed E-state index contributed by atoms with van der Waals surface area (Å²) in [6.07, 6.45) is 0.575. The number of anilines is 1. The Morgan fingerprint density at radius 2 is 1.95 bits per heavy atom. The van der Waals surface area contributed by atoms with Gasteiger partial charge in [-0.05, 0) is 42.3 Å². The minimum Gasteiger partial charge on any atom is -0.307 e. The van der Waals surface area contributed by atoms with Crippen LogP contribution in [0.2, 0.25) is 5.02 Å². The number of carbonyl (C=O) groups is 1. The van der Waals surface area contributed by atoms with Crippen LogP contribution in [0.15, 0.2) is 47.4 Å². The van der Waals surface area contributed by atoms with Gasteiger partial charge in [-0.2, -0.15) is 0 Å². The molecule has 0 N–H and O–H groups in total. The highest BCUT2D eigenvalue weighted by atomic mass is 35.5. The predicted octanol–water partition coefficient (Wildman–Crippen LogP) is 4.68. The van der Waals surface area contributed by atoms with Crippen LogP contribution in [-0.2, 0) is 11.3 Å². The zero-order valence-corrected chi connectivity index (χ0v) is 13.4. The zero-order chi connectivity index (χ0) is 14.8. The summed E-state index contributed by atoms with van der Waals surface area (Å²) in [5.74, 6) is 1.02. The lowest BCUT2D eigenvalue weighted by Crippen LogP contribution is -2.29. The summed E-state index contributed by atoms with van der Waals surface area (Å²) in [7, 11) is 0. The van der Waals surface area contributed by atoms with Gasteiger partial charge in [-0.3, -0.25) is 4.79 Å². The van der Waals surface area contributed by atoms with E-state index in [4.69, 9.17) is 11.6 Å². The molecule has 0 saturated carbocycles. The van der Waals surface area contributed by atoms with Gasteiger partial charge in [-0.25, -0.2) is 0 Å². The smallest absolute Gasteiger partial charge is 0.228 e. The Morgan fingerprint density at radius 1 is 1.19 bits per heavy atom. The van der Waals surface area contributed by atoms with Crippen LogP contribution in [0.25, 0.3) is 0 Å². The number of carbonyl (C=O) groups excluding carboxylic acids is 1. The molecule has 4 heteroatoms. The summed E-state index contributed by atoms with van der Waals surface area (Å²) in [4.78, 5) is 15.5. The number of nitrogens with zero attached hydrogens (tertiary/aromatic N) is 1. The second kappa shape index (κ2) is 6.12. The maximum atomic E-state index is 12.4. The molecule has 0 atom stereocenters. The lowest BCUT2D eigenvalue weighted by Gasteiger charge is -2.23. The molecular weight excluding hydrogens is 302 g/mol. The van der Waals surface area contributed by atoms with Crippen molar-refractivity contribution in [1.29, 1.82) is 0 Å². The third kappa shape index (κ3) is 3.25. The fourth-order valence-electron chi connectivity index (χ4n) is 2.42. The van der Waals surface area contributed by atoms with Gasteiger partial charge in [0.2, 0.25) is 5.91 Å². The van der Waals surface area contributed by atoms with Crippen LogP contribution in [0.5, 0.6) is 0 Å². The van der Waals surface area contributed by atoms with Gasteiger partial charge in [0, 0.05) is 22.1 Å². The quantitative estimate of drug-likeness (QED) is 0.801. The fourth-order valence-corrected chi connectivity index (χ4v) is 3.53. The molecule has 2 nitrogen and oxygen atoms in total. The molecule has 0 fully saturated rings. The molecule has 1 amide bonds. The monoisotopic (exact) mass is 317 g/mol. The highest BCUT2D eigenvalue weighted by molar-refractivity contribution is 7.99. The number of thioether (sulfide) groups is 1. The first-order chi connectivity index (χ1) is 10.1. The summed E-state index contributed by atoms with van der Waals surface area (Å²) in [6, 6.07) is 14.0. The van der Waals surface area contributed by atoms with Crippen molar-refractivity contribution in [3.05, 3.63) is 58.6 Å². The Morgan fingerprint density at radius 3 is 2.71 bits per heavy atom. The van der Waals surface area contributed by atoms with Crippen LogP contribution in [0.3, 0.4) is 0 Å². The number of fused-ring (bicyclic) bond motifs is 1. The molecule has 1 aliphatic rings. The molecular formula is C17H16ClNOS. The molecule has 0 aromatic heterocycles. The molecule has 2 aromatic carbocycles. The molecule has 3 rings (SSSR count). The van der Waals surface area contributed by atoms with Crippen LogP contribution in [0, 0.1) is 6.92 Å². The average Bonchev–Trinajstić information content (AvgIpc) is 2.61. The second-order valence-electron chi connectivity index (χ2n) is 5.18. The lowest BCUT2D eigenvalue weighted by molar-refractivity contribution is -0.118. The Balaban J connectivity index is 1.97. The van der Waals surface area contributed by atoms with Crippen LogP contribution in [-0.4, -0.2) is 11.7 Å². The number of hydrogen-bond acceptors (Lipinski definition) is 2. The molecule has 0 unspecified atom stereocenters. The Labute approximate surface area is 134 Å². The third-order valence-corrected chi connectivity index (χ3v) is 4.85. The van der Waals surface area contributed by atoms with Crippen LogP contribution < -0.4 is 4.90 Å². The van der Waals surface area contributed by atoms with Gasteiger partial charge in [0.1, 0.15) is 0 Å². The van der Waals surface area contributed by atoms with Crippen molar-refractivity contribution in [2.45, 2.75) is 24.8 Å². The molecule has 21 heavy (non-hydrogen) atoms. The Hall–Kier alpha value is -1.45. The van der Waals surface area contributed by atoms with Gasteiger partial charge in [0.25, 0.3) is 0 Å². The van der Waals surface area contributed by atoms with E-state index in [9.17, 15) is 4.79 Å². The minimum atomic E-state index is 0.182. The maximum absolute atomic E-state index is 12.4. The molecule has 0 spiro atoms. The van der Waals surface area contributed by atoms with E-state index < -0.39 is 0 Å². The van der Waals surface area contributed by atoms with Gasteiger partial charge < -0.3 is 4.90 Å². The number of hydrogen-bond donors (Lipinski definition) is 0. The van der Waals surface area contributed by atoms with E-state index in [-0.39, 0.29) is 5.91 Å². The zero-order valence-electron chi connectivity index (χ0n) is 11.8. The van der Waals surface area contributed by atoms with Crippen molar-refractivity contribution >= 4 is 35.0 Å². The fraction of sp³-hybridized carbons (Fsp3) is 0.235. The van der Waals surface area contributed by atoms with E-state index in [1.165, 1.54) is 10.5 Å². The van der Waals surface area contributed by atoms with Crippen LogP contribution in [0.1, 0.15) is 17.5 Å². The van der Waals surface area contributed by atoms with Crippen molar-refractivity contribution in [3.8, 4) is 0 Å². The van der Waals surface area contributed by atoms with Crippen molar-refractivity contribution in [2.75, 3.05) is 10.7 Å². The van der Waals surface area contributed by atoms with Gasteiger partial charge in [-0.1, -0.05) is 29.8 Å². The van der Waals surface area contributed by atoms with Crippen LogP contribution >= 0.6 is 23.4 Å². The number of rotatable bonds is 2. The predicted molar refractivity (Wildman–Crippen MR) is 89.2 cm³/mol. The molecule has 108 valence electrons. The lowest BCUT2D eigenvalue weighted by atomic mass is 10.1. The van der Waals surface area contributed by atoms with Crippen LogP contribution in [0.4, 0.5) is 5.69 Å². The van der Waals surface area contributed by atoms with Gasteiger partial charge in [0.15, 0.2) is 0 Å². The molecule has 2 aromatic rings. The number of amides is 1. The number of halogens is 1. The molecule has 0 bridgehead atoms. The van der Waals surface area contributed by atoms with Gasteiger partial charge >= 0.3 is 0 Å². The third-order valence-electron chi connectivity index (χ3n) is 3.53. The Kier molecular flexibility index (Phi) is 4.22. The molecule has 0 aliphatic carbocycles. The topological polar surface area (TPSA) is 20.3 Å². The summed E-state index contributed by atoms with van der Waals surface area (Å²) in [6.45, 7) is 2.65. The number of aryl methyl sites for hydroxylation is 1. The molecule has 1 aliphatic heterocycles. The summed E-state index contributed by atoms with van der Waals surface area (Å²) in [5.41, 5.74) is 3.29. The van der Waals surface area contributed by atoms with Crippen molar-refractivity contribution in [1.82, 2.24) is 0 Å².